The average Bonchev–Trinajstić information content (AvgIpc) is 2.17. The first kappa shape index (κ1) is 7.54. The lowest BCUT2D eigenvalue weighted by molar-refractivity contribution is 1.10. The first-order valence-electron chi connectivity index (χ1n) is 3.38. The number of halogens is 1. The van der Waals surface area contributed by atoms with Crippen molar-refractivity contribution in [2.45, 2.75) is 5.33 Å². The Labute approximate surface area is 77.2 Å². The zero-order valence-electron chi connectivity index (χ0n) is 6.11. The summed E-state index contributed by atoms with van der Waals surface area (Å²) in [5.74, 6) is 0. The van der Waals surface area contributed by atoms with Gasteiger partial charge in [-0.2, -0.15) is 0 Å². The topological polar surface area (TPSA) is 51.6 Å². The Morgan fingerprint density at radius 2 is 2.17 bits per heavy atom. The number of hydrogen-bond donors (Lipinski definition) is 0. The third-order valence-corrected chi connectivity index (χ3v) is 1.99. The highest BCUT2D eigenvalue weighted by molar-refractivity contribution is 9.08. The summed E-state index contributed by atoms with van der Waals surface area (Å²) < 4.78 is 0. The van der Waals surface area contributed by atoms with Crippen LogP contribution in [0.1, 0.15) is 5.69 Å². The maximum atomic E-state index is 4.23. The number of nitrogens with zero attached hydrogens (tertiary/aromatic N) is 4. The molecule has 0 spiro atoms. The molecule has 0 atom stereocenters. The van der Waals surface area contributed by atoms with Crippen molar-refractivity contribution in [3.8, 4) is 0 Å². The zero-order chi connectivity index (χ0) is 8.39. The molecule has 12 heavy (non-hydrogen) atoms. The number of hydrogen-bond acceptors (Lipinski definition) is 4. The van der Waals surface area contributed by atoms with E-state index in [9.17, 15) is 0 Å². The van der Waals surface area contributed by atoms with Gasteiger partial charge in [0, 0.05) is 5.33 Å². The molecule has 5 heteroatoms. The van der Waals surface area contributed by atoms with E-state index in [0.717, 1.165) is 11.2 Å². The Balaban J connectivity index is 2.67. The molecule has 60 valence electrons. The molecule has 0 radical (unpaired) electrons. The monoisotopic (exact) mass is 224 g/mol. The number of alkyl halides is 1. The van der Waals surface area contributed by atoms with Crippen LogP contribution in [0.3, 0.4) is 0 Å². The van der Waals surface area contributed by atoms with Gasteiger partial charge in [-0.15, -0.1) is 0 Å². The van der Waals surface area contributed by atoms with Gasteiger partial charge in [0.05, 0.1) is 18.1 Å². The van der Waals surface area contributed by atoms with Crippen molar-refractivity contribution >= 4 is 27.1 Å². The highest BCUT2D eigenvalue weighted by Gasteiger charge is 1.97. The minimum absolute atomic E-state index is 0.641. The van der Waals surface area contributed by atoms with Crippen molar-refractivity contribution < 1.29 is 0 Å². The fourth-order valence-corrected chi connectivity index (χ4v) is 1.14. The van der Waals surface area contributed by atoms with E-state index in [1.54, 1.807) is 12.4 Å². The molecule has 0 amide bonds. The van der Waals surface area contributed by atoms with Crippen molar-refractivity contribution in [3.05, 3.63) is 24.4 Å². The van der Waals surface area contributed by atoms with Gasteiger partial charge in [-0.05, 0) is 0 Å². The Kier molecular flexibility index (Phi) is 1.95. The van der Waals surface area contributed by atoms with E-state index in [4.69, 9.17) is 0 Å². The lowest BCUT2D eigenvalue weighted by Crippen LogP contribution is -1.92. The van der Waals surface area contributed by atoms with Crippen LogP contribution in [0.15, 0.2) is 18.7 Å². The minimum Gasteiger partial charge on any atom is -0.249 e. The van der Waals surface area contributed by atoms with Crippen LogP contribution in [0.2, 0.25) is 0 Å². The molecule has 2 heterocycles. The molecule has 0 bridgehead atoms. The van der Waals surface area contributed by atoms with Gasteiger partial charge in [-0.25, -0.2) is 19.9 Å². The van der Waals surface area contributed by atoms with Crippen LogP contribution in [0.25, 0.3) is 11.2 Å². The van der Waals surface area contributed by atoms with Crippen LogP contribution >= 0.6 is 15.9 Å². The Morgan fingerprint density at radius 3 is 3.00 bits per heavy atom. The standard InChI is InChI=1S/C7H5BrN4/c8-1-5-2-10-6-3-9-4-11-7(6)12-5/h2-4H,1H2. The highest BCUT2D eigenvalue weighted by atomic mass is 79.9. The first-order chi connectivity index (χ1) is 5.90. The van der Waals surface area contributed by atoms with E-state index in [-0.39, 0.29) is 0 Å². The summed E-state index contributed by atoms with van der Waals surface area (Å²) in [4.78, 5) is 16.2. The van der Waals surface area contributed by atoms with Gasteiger partial charge >= 0.3 is 0 Å². The van der Waals surface area contributed by atoms with Crippen molar-refractivity contribution in [3.63, 3.8) is 0 Å². The Hall–Kier alpha value is -1.10. The van der Waals surface area contributed by atoms with Crippen molar-refractivity contribution in [2.24, 2.45) is 0 Å². The second-order valence-corrected chi connectivity index (χ2v) is 2.79. The van der Waals surface area contributed by atoms with Gasteiger partial charge in [0.25, 0.3) is 0 Å². The molecular weight excluding hydrogens is 220 g/mol. The van der Waals surface area contributed by atoms with E-state index in [1.807, 2.05) is 0 Å². The van der Waals surface area contributed by atoms with Gasteiger partial charge in [0.2, 0.25) is 0 Å². The summed E-state index contributed by atoms with van der Waals surface area (Å²) in [5.41, 5.74) is 2.24. The van der Waals surface area contributed by atoms with E-state index in [1.165, 1.54) is 6.33 Å². The first-order valence-corrected chi connectivity index (χ1v) is 4.50. The van der Waals surface area contributed by atoms with Gasteiger partial charge in [-0.3, -0.25) is 0 Å². The lowest BCUT2D eigenvalue weighted by atomic mass is 10.4. The minimum atomic E-state index is 0.641. The summed E-state index contributed by atoms with van der Waals surface area (Å²) in [6.45, 7) is 0. The molecule has 4 nitrogen and oxygen atoms in total. The second-order valence-electron chi connectivity index (χ2n) is 2.23. The molecule has 0 fully saturated rings. The molecule has 0 aliphatic carbocycles. The number of rotatable bonds is 1. The van der Waals surface area contributed by atoms with Crippen LogP contribution in [0.5, 0.6) is 0 Å². The van der Waals surface area contributed by atoms with Crippen molar-refractivity contribution in [1.82, 2.24) is 19.9 Å². The lowest BCUT2D eigenvalue weighted by Gasteiger charge is -1.95. The van der Waals surface area contributed by atoms with Crippen LogP contribution in [-0.4, -0.2) is 19.9 Å². The van der Waals surface area contributed by atoms with Gasteiger partial charge in [-0.1, -0.05) is 15.9 Å². The van der Waals surface area contributed by atoms with E-state index >= 15 is 0 Å². The van der Waals surface area contributed by atoms with Gasteiger partial charge in [0.15, 0.2) is 5.65 Å². The fourth-order valence-electron chi connectivity index (χ4n) is 0.866. The van der Waals surface area contributed by atoms with Crippen LogP contribution < -0.4 is 0 Å². The summed E-state index contributed by atoms with van der Waals surface area (Å²) in [7, 11) is 0. The zero-order valence-corrected chi connectivity index (χ0v) is 7.69. The molecule has 0 saturated heterocycles. The molecule has 0 aliphatic rings. The quantitative estimate of drug-likeness (QED) is 0.686. The largest absolute Gasteiger partial charge is 0.249 e. The molecule has 0 N–H and O–H groups in total. The summed E-state index contributed by atoms with van der Waals surface area (Å²) in [6.07, 6.45) is 4.82. The van der Waals surface area contributed by atoms with Crippen LogP contribution in [0.4, 0.5) is 0 Å². The number of aromatic nitrogens is 4. The SMILES string of the molecule is BrCc1cnc2cncnc2n1. The van der Waals surface area contributed by atoms with Crippen molar-refractivity contribution in [1.29, 1.82) is 0 Å². The van der Waals surface area contributed by atoms with Crippen molar-refractivity contribution in [2.75, 3.05) is 0 Å². The molecule has 0 saturated carbocycles. The van der Waals surface area contributed by atoms with E-state index < -0.39 is 0 Å². The van der Waals surface area contributed by atoms with E-state index in [2.05, 4.69) is 35.9 Å². The van der Waals surface area contributed by atoms with Crippen LogP contribution in [0, 0.1) is 0 Å². The van der Waals surface area contributed by atoms with Gasteiger partial charge in [0.1, 0.15) is 11.8 Å². The molecule has 2 rings (SSSR count). The second kappa shape index (κ2) is 3.10. The maximum absolute atomic E-state index is 4.23. The van der Waals surface area contributed by atoms with E-state index in [0.29, 0.717) is 11.0 Å². The normalized spacial score (nSPS) is 10.4. The van der Waals surface area contributed by atoms with Gasteiger partial charge < -0.3 is 0 Å². The summed E-state index contributed by atoms with van der Waals surface area (Å²) in [5, 5.41) is 0.694. The molecule has 2 aromatic heterocycles. The fraction of sp³-hybridized carbons (Fsp3) is 0.143. The third kappa shape index (κ3) is 1.27. The molecule has 2 aromatic rings. The van der Waals surface area contributed by atoms with Crippen LogP contribution in [-0.2, 0) is 5.33 Å². The molecule has 0 aromatic carbocycles. The predicted molar refractivity (Wildman–Crippen MR) is 47.8 cm³/mol. The third-order valence-electron chi connectivity index (χ3n) is 1.41. The molecule has 0 unspecified atom stereocenters. The molecular formula is C7H5BrN4. The maximum Gasteiger partial charge on any atom is 0.181 e. The Morgan fingerprint density at radius 1 is 1.25 bits per heavy atom. The Bertz CT molecular complexity index is 403. The molecule has 0 aliphatic heterocycles. The smallest absolute Gasteiger partial charge is 0.181 e. The predicted octanol–water partition coefficient (Wildman–Crippen LogP) is 1.31. The summed E-state index contributed by atoms with van der Waals surface area (Å²) in [6, 6.07) is 0. The summed E-state index contributed by atoms with van der Waals surface area (Å²) >= 11 is 3.30. The average molecular weight is 225 g/mol. The number of fused-ring (bicyclic) bond motifs is 1. The highest BCUT2D eigenvalue weighted by Crippen LogP contribution is 2.05.